The second-order valence-electron chi connectivity index (χ2n) is 6.87. The van der Waals surface area contributed by atoms with Gasteiger partial charge in [0.15, 0.2) is 0 Å². The molecule has 1 fully saturated rings. The van der Waals surface area contributed by atoms with Crippen LogP contribution in [-0.4, -0.2) is 50.1 Å². The third-order valence-electron chi connectivity index (χ3n) is 5.03. The number of likely N-dealkylation sites (N-methyl/N-ethyl adjacent to an activating group) is 1. The molecule has 1 saturated heterocycles. The van der Waals surface area contributed by atoms with E-state index in [1.54, 1.807) is 26.2 Å². The molecule has 2 aromatic carbocycles. The summed E-state index contributed by atoms with van der Waals surface area (Å²) in [5.41, 5.74) is 1.96. The second kappa shape index (κ2) is 9.50. The van der Waals surface area contributed by atoms with E-state index in [2.05, 4.69) is 50.5 Å². The zero-order valence-corrected chi connectivity index (χ0v) is 20.7. The van der Waals surface area contributed by atoms with Crippen molar-refractivity contribution in [2.75, 3.05) is 21.3 Å². The van der Waals surface area contributed by atoms with Gasteiger partial charge in [0, 0.05) is 19.9 Å². The maximum Gasteiger partial charge on any atom is 0.245 e. The van der Waals surface area contributed by atoms with Crippen LogP contribution in [0.1, 0.15) is 11.1 Å². The normalized spacial score (nSPS) is 19.1. The lowest BCUT2D eigenvalue weighted by molar-refractivity contribution is -0.147. The summed E-state index contributed by atoms with van der Waals surface area (Å²) in [6.45, 7) is 0. The van der Waals surface area contributed by atoms with E-state index >= 15 is 0 Å². The highest BCUT2D eigenvalue weighted by Gasteiger charge is 2.38. The summed E-state index contributed by atoms with van der Waals surface area (Å²) in [5.74, 6) is 1.37. The fourth-order valence-corrected chi connectivity index (χ4v) is 5.01. The number of benzene rings is 2. The fourth-order valence-electron chi connectivity index (χ4n) is 3.41. The highest BCUT2D eigenvalue weighted by molar-refractivity contribution is 14.1. The Balaban J connectivity index is 1.72. The van der Waals surface area contributed by atoms with Gasteiger partial charge in [0.05, 0.1) is 21.4 Å². The summed E-state index contributed by atoms with van der Waals surface area (Å²) in [6, 6.07) is 10.5. The van der Waals surface area contributed by atoms with Crippen molar-refractivity contribution in [1.29, 1.82) is 0 Å². The van der Waals surface area contributed by atoms with E-state index in [1.807, 2.05) is 36.4 Å². The quantitative estimate of drug-likeness (QED) is 0.505. The smallest absolute Gasteiger partial charge is 0.245 e. The predicted octanol–water partition coefficient (Wildman–Crippen LogP) is 3.02. The van der Waals surface area contributed by atoms with Gasteiger partial charge in [0.25, 0.3) is 0 Å². The SMILES string of the molecule is COc1ccc(C[C@@H]2NC(=O)[C@H](Cc3ccc(OC)c(I)c3)N(C)C2=O)cc1I. The highest BCUT2D eigenvalue weighted by atomic mass is 127. The van der Waals surface area contributed by atoms with Crippen molar-refractivity contribution in [2.24, 2.45) is 0 Å². The second-order valence-corrected chi connectivity index (χ2v) is 9.20. The first kappa shape index (κ1) is 22.1. The van der Waals surface area contributed by atoms with Crippen molar-refractivity contribution < 1.29 is 19.1 Å². The van der Waals surface area contributed by atoms with Crippen LogP contribution < -0.4 is 14.8 Å². The maximum absolute atomic E-state index is 12.9. The average Bonchev–Trinajstić information content (AvgIpc) is 2.69. The zero-order valence-electron chi connectivity index (χ0n) is 16.4. The molecule has 0 aliphatic carbocycles. The van der Waals surface area contributed by atoms with Gasteiger partial charge in [-0.05, 0) is 80.6 Å². The summed E-state index contributed by atoms with van der Waals surface area (Å²) in [5, 5.41) is 2.91. The fraction of sp³-hybridized carbons (Fsp3) is 0.333. The molecule has 2 amide bonds. The minimum absolute atomic E-state index is 0.0800. The number of hydrogen-bond donors (Lipinski definition) is 1. The van der Waals surface area contributed by atoms with Gasteiger partial charge in [-0.3, -0.25) is 9.59 Å². The Bertz CT molecular complexity index is 935. The van der Waals surface area contributed by atoms with E-state index in [0.29, 0.717) is 12.8 Å². The average molecular weight is 620 g/mol. The number of nitrogens with zero attached hydrogens (tertiary/aromatic N) is 1. The molecule has 1 aliphatic heterocycles. The number of piperazine rings is 1. The van der Waals surface area contributed by atoms with Gasteiger partial charge in [-0.1, -0.05) is 12.1 Å². The molecular weight excluding hydrogens is 598 g/mol. The third kappa shape index (κ3) is 4.96. The molecule has 1 heterocycles. The Morgan fingerprint density at radius 3 is 1.93 bits per heavy atom. The number of carbonyl (C=O) groups is 2. The van der Waals surface area contributed by atoms with Crippen LogP contribution in [0.4, 0.5) is 0 Å². The first-order chi connectivity index (χ1) is 13.8. The lowest BCUT2D eigenvalue weighted by Crippen LogP contribution is -2.63. The van der Waals surface area contributed by atoms with Crippen LogP contribution in [0, 0.1) is 7.14 Å². The van der Waals surface area contributed by atoms with E-state index in [9.17, 15) is 9.59 Å². The van der Waals surface area contributed by atoms with Crippen LogP contribution in [0.2, 0.25) is 0 Å². The van der Waals surface area contributed by atoms with Crippen LogP contribution in [-0.2, 0) is 22.4 Å². The third-order valence-corrected chi connectivity index (χ3v) is 6.72. The summed E-state index contributed by atoms with van der Waals surface area (Å²) in [6.07, 6.45) is 0.906. The molecule has 2 atom stereocenters. The molecule has 1 N–H and O–H groups in total. The molecule has 154 valence electrons. The largest absolute Gasteiger partial charge is 0.496 e. The van der Waals surface area contributed by atoms with Crippen molar-refractivity contribution in [3.63, 3.8) is 0 Å². The van der Waals surface area contributed by atoms with Crippen molar-refractivity contribution in [2.45, 2.75) is 24.9 Å². The number of nitrogens with one attached hydrogen (secondary N) is 1. The topological polar surface area (TPSA) is 67.9 Å². The van der Waals surface area contributed by atoms with Crippen LogP contribution in [0.25, 0.3) is 0 Å². The van der Waals surface area contributed by atoms with Crippen LogP contribution >= 0.6 is 45.2 Å². The monoisotopic (exact) mass is 620 g/mol. The zero-order chi connectivity index (χ0) is 21.1. The number of amides is 2. The van der Waals surface area contributed by atoms with Crippen LogP contribution in [0.15, 0.2) is 36.4 Å². The minimum Gasteiger partial charge on any atom is -0.496 e. The Morgan fingerprint density at radius 2 is 1.45 bits per heavy atom. The molecule has 29 heavy (non-hydrogen) atoms. The molecule has 0 radical (unpaired) electrons. The van der Waals surface area contributed by atoms with Crippen LogP contribution in [0.3, 0.4) is 0 Å². The molecular formula is C21H22I2N2O4. The van der Waals surface area contributed by atoms with Gasteiger partial charge < -0.3 is 19.7 Å². The molecule has 0 bridgehead atoms. The number of halogens is 2. The van der Waals surface area contributed by atoms with E-state index in [-0.39, 0.29) is 11.8 Å². The molecule has 0 spiro atoms. The molecule has 8 heteroatoms. The number of rotatable bonds is 6. The molecule has 3 rings (SSSR count). The standard InChI is InChI=1S/C21H22I2N2O4/c1-25-17(11-13-5-7-19(29-3)15(23)9-13)20(26)24-16(21(25)27)10-12-4-6-18(28-2)14(22)8-12/h4-9,16-17H,10-11H2,1-3H3,(H,24,26)/t16-,17-/m0/s1. The van der Waals surface area contributed by atoms with Crippen molar-refractivity contribution >= 4 is 57.0 Å². The number of carbonyl (C=O) groups excluding carboxylic acids is 2. The number of hydrogen-bond acceptors (Lipinski definition) is 4. The van der Waals surface area contributed by atoms with Gasteiger partial charge >= 0.3 is 0 Å². The predicted molar refractivity (Wildman–Crippen MR) is 127 cm³/mol. The van der Waals surface area contributed by atoms with Crippen molar-refractivity contribution in [1.82, 2.24) is 10.2 Å². The molecule has 6 nitrogen and oxygen atoms in total. The molecule has 0 aromatic heterocycles. The van der Waals surface area contributed by atoms with Gasteiger partial charge in [-0.15, -0.1) is 0 Å². The van der Waals surface area contributed by atoms with Gasteiger partial charge in [-0.25, -0.2) is 0 Å². The Kier molecular flexibility index (Phi) is 7.25. The Hall–Kier alpha value is -1.56. The summed E-state index contributed by atoms with van der Waals surface area (Å²) < 4.78 is 12.5. The molecule has 0 saturated carbocycles. The lowest BCUT2D eigenvalue weighted by atomic mass is 9.97. The first-order valence-corrected chi connectivity index (χ1v) is 11.2. The van der Waals surface area contributed by atoms with E-state index in [1.165, 1.54) is 0 Å². The van der Waals surface area contributed by atoms with Crippen molar-refractivity contribution in [3.8, 4) is 11.5 Å². The molecule has 0 unspecified atom stereocenters. The summed E-state index contributed by atoms with van der Waals surface area (Å²) >= 11 is 4.40. The van der Waals surface area contributed by atoms with E-state index < -0.39 is 12.1 Å². The highest BCUT2D eigenvalue weighted by Crippen LogP contribution is 2.25. The van der Waals surface area contributed by atoms with Gasteiger partial charge in [0.2, 0.25) is 11.8 Å². The maximum atomic E-state index is 12.9. The molecule has 2 aromatic rings. The first-order valence-electron chi connectivity index (χ1n) is 9.06. The van der Waals surface area contributed by atoms with Gasteiger partial charge in [-0.2, -0.15) is 0 Å². The van der Waals surface area contributed by atoms with Crippen molar-refractivity contribution in [3.05, 3.63) is 54.7 Å². The minimum atomic E-state index is -0.566. The summed E-state index contributed by atoms with van der Waals surface area (Å²) in [7, 11) is 4.95. The van der Waals surface area contributed by atoms with E-state index in [4.69, 9.17) is 9.47 Å². The van der Waals surface area contributed by atoms with E-state index in [0.717, 1.165) is 29.8 Å². The summed E-state index contributed by atoms with van der Waals surface area (Å²) in [4.78, 5) is 27.3. The lowest BCUT2D eigenvalue weighted by Gasteiger charge is -2.36. The van der Waals surface area contributed by atoms with Crippen LogP contribution in [0.5, 0.6) is 11.5 Å². The number of ether oxygens (including phenoxy) is 2. The Morgan fingerprint density at radius 1 is 0.931 bits per heavy atom. The Labute approximate surface area is 197 Å². The molecule has 1 aliphatic rings. The van der Waals surface area contributed by atoms with Gasteiger partial charge in [0.1, 0.15) is 23.6 Å². The number of methoxy groups -OCH3 is 2.